The minimum atomic E-state index is -0.394. The Morgan fingerprint density at radius 2 is 2.08 bits per heavy atom. The molecule has 2 heterocycles. The number of aromatic amines is 1. The van der Waals surface area contributed by atoms with Gasteiger partial charge in [0.2, 0.25) is 11.1 Å². The lowest BCUT2D eigenvalue weighted by Crippen LogP contribution is -2.31. The molecule has 0 saturated carbocycles. The fourth-order valence-electron chi connectivity index (χ4n) is 1.95. The second kappa shape index (κ2) is 7.95. The van der Waals surface area contributed by atoms with Gasteiger partial charge in [-0.1, -0.05) is 17.8 Å². The van der Waals surface area contributed by atoms with Gasteiger partial charge in [-0.3, -0.25) is 20.0 Å². The van der Waals surface area contributed by atoms with Gasteiger partial charge >= 0.3 is 0 Å². The minimum Gasteiger partial charge on any atom is -0.497 e. The fourth-order valence-corrected chi connectivity index (χ4v) is 3.17. The average Bonchev–Trinajstić information content (AvgIpc) is 3.32. The topological polar surface area (TPSA) is 97.0 Å². The largest absolute Gasteiger partial charge is 0.497 e. The summed E-state index contributed by atoms with van der Waals surface area (Å²) in [5.41, 5.74) is 0.859. The van der Waals surface area contributed by atoms with E-state index in [2.05, 4.69) is 20.5 Å². The van der Waals surface area contributed by atoms with Crippen LogP contribution in [0.3, 0.4) is 0 Å². The lowest BCUT2D eigenvalue weighted by Gasteiger charge is -2.00. The van der Waals surface area contributed by atoms with E-state index in [-0.39, 0.29) is 11.7 Å². The Morgan fingerprint density at radius 3 is 2.76 bits per heavy atom. The van der Waals surface area contributed by atoms with E-state index in [1.54, 1.807) is 24.6 Å². The molecule has 0 unspecified atom stereocenters. The van der Waals surface area contributed by atoms with Gasteiger partial charge < -0.3 is 4.74 Å². The Balaban J connectivity index is 1.54. The summed E-state index contributed by atoms with van der Waals surface area (Å²) < 4.78 is 5.11. The molecule has 0 aliphatic carbocycles. The number of benzene rings is 1. The molecule has 2 amide bonds. The van der Waals surface area contributed by atoms with Gasteiger partial charge in [0.15, 0.2) is 5.82 Å². The first-order chi connectivity index (χ1) is 12.2. The molecule has 7 nitrogen and oxygen atoms in total. The predicted molar refractivity (Wildman–Crippen MR) is 95.9 cm³/mol. The van der Waals surface area contributed by atoms with Gasteiger partial charge in [0.1, 0.15) is 5.75 Å². The molecule has 0 saturated heterocycles. The number of aromatic nitrogens is 3. The van der Waals surface area contributed by atoms with Crippen molar-refractivity contribution in [2.45, 2.75) is 5.16 Å². The highest BCUT2D eigenvalue weighted by molar-refractivity contribution is 7.99. The smallest absolute Gasteiger partial charge is 0.267 e. The number of ether oxygens (including phenoxy) is 1. The molecule has 0 fully saturated rings. The maximum Gasteiger partial charge on any atom is 0.267 e. The summed E-state index contributed by atoms with van der Waals surface area (Å²) >= 11 is 2.43. The zero-order valence-corrected chi connectivity index (χ0v) is 14.8. The second-order valence-corrected chi connectivity index (χ2v) is 6.73. The summed E-state index contributed by atoms with van der Waals surface area (Å²) in [4.78, 5) is 28.5. The number of H-pyrrole nitrogens is 1. The van der Waals surface area contributed by atoms with E-state index in [9.17, 15) is 9.59 Å². The van der Waals surface area contributed by atoms with Crippen LogP contribution < -0.4 is 10.1 Å². The number of thiophene rings is 1. The summed E-state index contributed by atoms with van der Waals surface area (Å²) in [7, 11) is 1.60. The number of nitrogens with one attached hydrogen (secondary N) is 2. The molecule has 3 aromatic rings. The number of rotatable bonds is 6. The van der Waals surface area contributed by atoms with Gasteiger partial charge in [0.25, 0.3) is 5.91 Å². The number of thioether (sulfide) groups is 1. The highest BCUT2D eigenvalue weighted by Gasteiger charge is 2.13. The van der Waals surface area contributed by atoms with Crippen LogP contribution >= 0.6 is 23.1 Å². The van der Waals surface area contributed by atoms with Crippen LogP contribution in [-0.2, 0) is 4.79 Å². The van der Waals surface area contributed by atoms with Crippen LogP contribution in [0.1, 0.15) is 9.67 Å². The van der Waals surface area contributed by atoms with Gasteiger partial charge in [0.05, 0.1) is 17.7 Å². The lowest BCUT2D eigenvalue weighted by molar-refractivity contribution is -0.117. The van der Waals surface area contributed by atoms with Crippen molar-refractivity contribution < 1.29 is 14.3 Å². The SMILES string of the molecule is COc1ccc(-c2nc(SCC(=O)NC(=O)c3cccs3)n[nH]2)cc1. The van der Waals surface area contributed by atoms with Crippen molar-refractivity contribution in [2.75, 3.05) is 12.9 Å². The van der Waals surface area contributed by atoms with Gasteiger partial charge in [-0.2, -0.15) is 0 Å². The van der Waals surface area contributed by atoms with Crippen LogP contribution in [-0.4, -0.2) is 39.9 Å². The molecule has 0 radical (unpaired) electrons. The number of imide groups is 1. The molecular weight excluding hydrogens is 360 g/mol. The predicted octanol–water partition coefficient (Wildman–Crippen LogP) is 2.59. The van der Waals surface area contributed by atoms with E-state index in [4.69, 9.17) is 4.74 Å². The molecule has 1 aromatic carbocycles. The number of nitrogens with zero attached hydrogens (tertiary/aromatic N) is 2. The first kappa shape index (κ1) is 17.2. The second-order valence-electron chi connectivity index (χ2n) is 4.84. The van der Waals surface area contributed by atoms with Crippen LogP contribution in [0.2, 0.25) is 0 Å². The van der Waals surface area contributed by atoms with Crippen LogP contribution in [0, 0.1) is 0 Å². The molecule has 0 aliphatic heterocycles. The van der Waals surface area contributed by atoms with Gasteiger partial charge in [0, 0.05) is 5.56 Å². The third-order valence-electron chi connectivity index (χ3n) is 3.16. The van der Waals surface area contributed by atoms with Gasteiger partial charge in [-0.15, -0.1) is 16.4 Å². The number of amides is 2. The fraction of sp³-hybridized carbons (Fsp3) is 0.125. The molecule has 25 heavy (non-hydrogen) atoms. The maximum atomic E-state index is 11.8. The number of carbonyl (C=O) groups is 2. The third kappa shape index (κ3) is 4.46. The Kier molecular flexibility index (Phi) is 5.46. The number of hydrogen-bond acceptors (Lipinski definition) is 7. The van der Waals surface area contributed by atoms with Crippen molar-refractivity contribution in [3.63, 3.8) is 0 Å². The summed E-state index contributed by atoms with van der Waals surface area (Å²) in [5, 5.41) is 11.4. The minimum absolute atomic E-state index is 0.0526. The zero-order chi connectivity index (χ0) is 17.6. The van der Waals surface area contributed by atoms with E-state index in [1.807, 2.05) is 24.3 Å². The van der Waals surface area contributed by atoms with Crippen LogP contribution in [0.5, 0.6) is 5.75 Å². The monoisotopic (exact) mass is 374 g/mol. The van der Waals surface area contributed by atoms with Crippen molar-refractivity contribution in [1.29, 1.82) is 0 Å². The molecule has 0 bridgehead atoms. The highest BCUT2D eigenvalue weighted by Crippen LogP contribution is 2.21. The van der Waals surface area contributed by atoms with Crippen molar-refractivity contribution in [3.8, 4) is 17.1 Å². The third-order valence-corrected chi connectivity index (χ3v) is 4.87. The molecule has 0 aliphatic rings. The van der Waals surface area contributed by atoms with E-state index in [0.717, 1.165) is 23.1 Å². The van der Waals surface area contributed by atoms with E-state index >= 15 is 0 Å². The van der Waals surface area contributed by atoms with E-state index in [1.165, 1.54) is 11.3 Å². The summed E-state index contributed by atoms with van der Waals surface area (Å²) in [6, 6.07) is 10.8. The van der Waals surface area contributed by atoms with Crippen LogP contribution in [0.4, 0.5) is 0 Å². The van der Waals surface area contributed by atoms with Crippen molar-refractivity contribution in [2.24, 2.45) is 0 Å². The first-order valence-corrected chi connectivity index (χ1v) is 9.09. The molecule has 2 N–H and O–H groups in total. The standard InChI is InChI=1S/C16H14N4O3S2/c1-23-11-6-4-10(5-7-11)14-18-16(20-19-14)25-9-13(21)17-15(22)12-3-2-8-24-12/h2-8H,9H2,1H3,(H,17,21,22)(H,18,19,20). The van der Waals surface area contributed by atoms with Gasteiger partial charge in [-0.25, -0.2) is 4.98 Å². The molecule has 128 valence electrons. The zero-order valence-electron chi connectivity index (χ0n) is 13.2. The molecule has 2 aromatic heterocycles. The van der Waals surface area contributed by atoms with Crippen molar-refractivity contribution in [1.82, 2.24) is 20.5 Å². The lowest BCUT2D eigenvalue weighted by atomic mass is 10.2. The number of hydrogen-bond donors (Lipinski definition) is 2. The quantitative estimate of drug-likeness (QED) is 0.644. The Labute approximate surface area is 151 Å². The maximum absolute atomic E-state index is 11.8. The Hall–Kier alpha value is -2.65. The van der Waals surface area contributed by atoms with Crippen molar-refractivity contribution >= 4 is 34.9 Å². The summed E-state index contributed by atoms with van der Waals surface area (Å²) in [6.45, 7) is 0. The highest BCUT2D eigenvalue weighted by atomic mass is 32.2. The molecule has 0 spiro atoms. The summed E-state index contributed by atoms with van der Waals surface area (Å²) in [6.07, 6.45) is 0. The first-order valence-electron chi connectivity index (χ1n) is 7.23. The molecular formula is C16H14N4O3S2. The molecule has 9 heteroatoms. The van der Waals surface area contributed by atoms with Crippen LogP contribution in [0.15, 0.2) is 46.9 Å². The number of methoxy groups -OCH3 is 1. The Bertz CT molecular complexity index is 860. The molecule has 3 rings (SSSR count). The summed E-state index contributed by atoms with van der Waals surface area (Å²) in [5.74, 6) is 0.621. The van der Waals surface area contributed by atoms with E-state index < -0.39 is 5.91 Å². The van der Waals surface area contributed by atoms with Crippen LogP contribution in [0.25, 0.3) is 11.4 Å². The van der Waals surface area contributed by atoms with Crippen molar-refractivity contribution in [3.05, 3.63) is 46.7 Å². The van der Waals surface area contributed by atoms with Gasteiger partial charge in [-0.05, 0) is 35.7 Å². The average molecular weight is 374 g/mol. The van der Waals surface area contributed by atoms with E-state index in [0.29, 0.717) is 15.9 Å². The number of carbonyl (C=O) groups excluding carboxylic acids is 2. The normalized spacial score (nSPS) is 10.4. The Morgan fingerprint density at radius 1 is 1.28 bits per heavy atom. The molecule has 0 atom stereocenters.